The lowest BCUT2D eigenvalue weighted by molar-refractivity contribution is -0.153. The molecule has 0 spiro atoms. The first-order chi connectivity index (χ1) is 10.2. The van der Waals surface area contributed by atoms with Gasteiger partial charge in [0.1, 0.15) is 12.2 Å². The number of rotatable bonds is 5. The number of hydrogen-bond acceptors (Lipinski definition) is 5. The van der Waals surface area contributed by atoms with Crippen molar-refractivity contribution in [1.29, 1.82) is 0 Å². The van der Waals surface area contributed by atoms with Crippen LogP contribution in [-0.2, 0) is 19.1 Å². The van der Waals surface area contributed by atoms with Gasteiger partial charge < -0.3 is 19.9 Å². The zero-order chi connectivity index (χ0) is 16.8. The molecule has 1 fully saturated rings. The van der Waals surface area contributed by atoms with Crippen molar-refractivity contribution in [2.45, 2.75) is 64.5 Å². The first-order valence-corrected chi connectivity index (χ1v) is 7.58. The molecule has 0 aromatic heterocycles. The lowest BCUT2D eigenvalue weighted by Crippen LogP contribution is -2.46. The van der Waals surface area contributed by atoms with Crippen molar-refractivity contribution < 1.29 is 29.0 Å². The molecule has 1 atom stereocenters. The summed E-state index contributed by atoms with van der Waals surface area (Å²) in [5.41, 5.74) is -0.730. The summed E-state index contributed by atoms with van der Waals surface area (Å²) in [6.45, 7) is 4.62. The van der Waals surface area contributed by atoms with Crippen LogP contribution in [-0.4, -0.2) is 41.4 Å². The molecule has 7 nitrogen and oxygen atoms in total. The minimum Gasteiger partial charge on any atom is -0.480 e. The van der Waals surface area contributed by atoms with Gasteiger partial charge in [-0.05, 0) is 33.6 Å². The van der Waals surface area contributed by atoms with E-state index < -0.39 is 36.3 Å². The second-order valence-corrected chi connectivity index (χ2v) is 6.50. The van der Waals surface area contributed by atoms with Crippen LogP contribution in [0, 0.1) is 5.92 Å². The Labute approximate surface area is 130 Å². The molecule has 22 heavy (non-hydrogen) atoms. The highest BCUT2D eigenvalue weighted by molar-refractivity contribution is 5.80. The minimum absolute atomic E-state index is 0.162. The molecule has 0 unspecified atom stereocenters. The normalized spacial score (nSPS) is 17.4. The van der Waals surface area contributed by atoms with Gasteiger partial charge in [-0.2, -0.15) is 0 Å². The summed E-state index contributed by atoms with van der Waals surface area (Å²) in [4.78, 5) is 34.6. The fourth-order valence-corrected chi connectivity index (χ4v) is 2.25. The number of hydrogen-bond donors (Lipinski definition) is 2. The highest BCUT2D eigenvalue weighted by Gasteiger charge is 2.28. The predicted octanol–water partition coefficient (Wildman–Crippen LogP) is 2.09. The van der Waals surface area contributed by atoms with Crippen molar-refractivity contribution in [3.05, 3.63) is 0 Å². The van der Waals surface area contributed by atoms with Gasteiger partial charge in [-0.1, -0.05) is 19.3 Å². The van der Waals surface area contributed by atoms with Gasteiger partial charge in [0.2, 0.25) is 0 Å². The lowest BCUT2D eigenvalue weighted by atomic mass is 9.89. The Balaban J connectivity index is 2.45. The number of alkyl carbamates (subject to hydrolysis) is 1. The van der Waals surface area contributed by atoms with Crippen LogP contribution in [0.25, 0.3) is 0 Å². The molecule has 1 amide bonds. The first-order valence-electron chi connectivity index (χ1n) is 7.58. The number of aliphatic carboxylic acids is 1. The second-order valence-electron chi connectivity index (χ2n) is 6.50. The average Bonchev–Trinajstić information content (AvgIpc) is 2.41. The molecule has 0 radical (unpaired) electrons. The minimum atomic E-state index is -1.32. The number of carboxylic acid groups (broad SMARTS) is 1. The maximum Gasteiger partial charge on any atom is 0.408 e. The van der Waals surface area contributed by atoms with E-state index in [0.717, 1.165) is 32.1 Å². The zero-order valence-corrected chi connectivity index (χ0v) is 13.4. The molecule has 126 valence electrons. The molecule has 1 aliphatic rings. The van der Waals surface area contributed by atoms with E-state index >= 15 is 0 Å². The number of carbonyl (C=O) groups excluding carboxylic acids is 2. The van der Waals surface area contributed by atoms with Crippen molar-refractivity contribution >= 4 is 18.0 Å². The number of carbonyl (C=O) groups is 3. The molecule has 2 N–H and O–H groups in total. The second kappa shape index (κ2) is 8.00. The van der Waals surface area contributed by atoms with Crippen LogP contribution < -0.4 is 5.32 Å². The van der Waals surface area contributed by atoms with Gasteiger partial charge in [0.25, 0.3) is 0 Å². The Bertz CT molecular complexity index is 409. The fraction of sp³-hybridized carbons (Fsp3) is 0.800. The molecule has 0 aromatic carbocycles. The van der Waals surface area contributed by atoms with Crippen LogP contribution in [0.5, 0.6) is 0 Å². The van der Waals surface area contributed by atoms with Gasteiger partial charge in [0.05, 0.1) is 5.92 Å². The Kier molecular flexibility index (Phi) is 6.64. The predicted molar refractivity (Wildman–Crippen MR) is 78.3 cm³/mol. The number of esters is 1. The molecule has 1 rings (SSSR count). The van der Waals surface area contributed by atoms with Gasteiger partial charge in [0.15, 0.2) is 6.04 Å². The molecular weight excluding hydrogens is 290 g/mol. The molecule has 1 saturated carbocycles. The van der Waals surface area contributed by atoms with E-state index in [0.29, 0.717) is 0 Å². The van der Waals surface area contributed by atoms with Gasteiger partial charge >= 0.3 is 18.0 Å². The van der Waals surface area contributed by atoms with Crippen molar-refractivity contribution in [2.75, 3.05) is 6.61 Å². The molecule has 0 aromatic rings. The molecule has 0 aliphatic heterocycles. The van der Waals surface area contributed by atoms with E-state index in [1.165, 1.54) is 0 Å². The van der Waals surface area contributed by atoms with Crippen molar-refractivity contribution in [2.24, 2.45) is 5.92 Å². The Hall–Kier alpha value is -1.79. The highest BCUT2D eigenvalue weighted by atomic mass is 16.6. The topological polar surface area (TPSA) is 102 Å². The first kappa shape index (κ1) is 18.3. The Morgan fingerprint density at radius 2 is 1.77 bits per heavy atom. The number of amides is 1. The van der Waals surface area contributed by atoms with Gasteiger partial charge in [0, 0.05) is 0 Å². The van der Waals surface area contributed by atoms with Gasteiger partial charge in [-0.25, -0.2) is 9.59 Å². The average molecular weight is 315 g/mol. The van der Waals surface area contributed by atoms with E-state index in [-0.39, 0.29) is 5.92 Å². The van der Waals surface area contributed by atoms with E-state index in [2.05, 4.69) is 5.32 Å². The van der Waals surface area contributed by atoms with Crippen LogP contribution in [0.1, 0.15) is 52.9 Å². The largest absolute Gasteiger partial charge is 0.480 e. The van der Waals surface area contributed by atoms with Crippen LogP contribution >= 0.6 is 0 Å². The maximum absolute atomic E-state index is 11.9. The summed E-state index contributed by atoms with van der Waals surface area (Å²) in [6, 6.07) is -1.32. The fourth-order valence-electron chi connectivity index (χ4n) is 2.25. The van der Waals surface area contributed by atoms with Crippen molar-refractivity contribution in [3.8, 4) is 0 Å². The summed E-state index contributed by atoms with van der Waals surface area (Å²) in [5.74, 6) is -1.83. The van der Waals surface area contributed by atoms with E-state index in [1.807, 2.05) is 0 Å². The molecular formula is C15H25NO6. The van der Waals surface area contributed by atoms with Crippen molar-refractivity contribution in [3.63, 3.8) is 0 Å². The highest BCUT2D eigenvalue weighted by Crippen LogP contribution is 2.24. The van der Waals surface area contributed by atoms with E-state index in [4.69, 9.17) is 14.6 Å². The van der Waals surface area contributed by atoms with Crippen LogP contribution in [0.4, 0.5) is 4.79 Å². The smallest absolute Gasteiger partial charge is 0.408 e. The van der Waals surface area contributed by atoms with E-state index in [9.17, 15) is 14.4 Å². The molecule has 1 aliphatic carbocycles. The monoisotopic (exact) mass is 315 g/mol. The molecule has 7 heteroatoms. The zero-order valence-electron chi connectivity index (χ0n) is 13.4. The van der Waals surface area contributed by atoms with Gasteiger partial charge in [-0.15, -0.1) is 0 Å². The Morgan fingerprint density at radius 1 is 1.18 bits per heavy atom. The summed E-state index contributed by atoms with van der Waals surface area (Å²) in [6.07, 6.45) is 3.78. The van der Waals surface area contributed by atoms with E-state index in [1.54, 1.807) is 20.8 Å². The summed E-state index contributed by atoms with van der Waals surface area (Å²) >= 11 is 0. The van der Waals surface area contributed by atoms with Crippen LogP contribution in [0.15, 0.2) is 0 Å². The molecule has 0 heterocycles. The molecule has 0 bridgehead atoms. The SMILES string of the molecule is CC(C)(C)OC(=O)N[C@@H](COC(=O)C1CCCCC1)C(=O)O. The molecule has 0 saturated heterocycles. The maximum atomic E-state index is 11.9. The quantitative estimate of drug-likeness (QED) is 0.753. The summed E-state index contributed by atoms with van der Waals surface area (Å²) in [5, 5.41) is 11.3. The lowest BCUT2D eigenvalue weighted by Gasteiger charge is -2.23. The summed E-state index contributed by atoms with van der Waals surface area (Å²) in [7, 11) is 0. The third-order valence-electron chi connectivity index (χ3n) is 3.32. The Morgan fingerprint density at radius 3 is 2.27 bits per heavy atom. The van der Waals surface area contributed by atoms with Gasteiger partial charge in [-0.3, -0.25) is 4.79 Å². The van der Waals surface area contributed by atoms with Crippen LogP contribution in [0.2, 0.25) is 0 Å². The number of ether oxygens (including phenoxy) is 2. The van der Waals surface area contributed by atoms with Crippen molar-refractivity contribution in [1.82, 2.24) is 5.32 Å². The number of nitrogens with one attached hydrogen (secondary N) is 1. The summed E-state index contributed by atoms with van der Waals surface area (Å²) < 4.78 is 10.0. The third kappa shape index (κ3) is 6.78. The third-order valence-corrected chi connectivity index (χ3v) is 3.32. The van der Waals surface area contributed by atoms with Crippen LogP contribution in [0.3, 0.4) is 0 Å². The standard InChI is InChI=1S/C15H25NO6/c1-15(2,3)22-14(20)16-11(12(17)18)9-21-13(19)10-7-5-4-6-8-10/h10-11H,4-9H2,1-3H3,(H,16,20)(H,17,18)/t11-/m0/s1. The number of carboxylic acids is 1.